The molecule has 0 aliphatic heterocycles. The first-order valence-electron chi connectivity index (χ1n) is 6.07. The molecule has 4 heteroatoms. The lowest BCUT2D eigenvalue weighted by atomic mass is 10.2. The zero-order valence-corrected chi connectivity index (χ0v) is 12.4. The highest BCUT2D eigenvalue weighted by Crippen LogP contribution is 2.30. The molecule has 0 bridgehead atoms. The molecule has 1 aromatic heterocycles. The molecule has 0 spiro atoms. The Hall–Kier alpha value is -1.81. The molecule has 19 heavy (non-hydrogen) atoms. The first-order valence-corrected chi connectivity index (χ1v) is 6.86. The van der Waals surface area contributed by atoms with Crippen molar-refractivity contribution in [2.75, 3.05) is 19.0 Å². The van der Waals surface area contributed by atoms with Crippen LogP contribution in [0.15, 0.2) is 46.9 Å². The van der Waals surface area contributed by atoms with Gasteiger partial charge in [0.1, 0.15) is 5.82 Å². The Morgan fingerprint density at radius 3 is 2.58 bits per heavy atom. The summed E-state index contributed by atoms with van der Waals surface area (Å²) in [6, 6.07) is 14.3. The summed E-state index contributed by atoms with van der Waals surface area (Å²) in [5.41, 5.74) is 4.28. The molecule has 0 amide bonds. The maximum atomic E-state index is 4.61. The number of hydrogen-bond acceptors (Lipinski definition) is 2. The molecule has 3 aromatic rings. The SMILES string of the molecule is CN(C)c1ccc(-c2nc3ccccc3[nH]2)cc1Br. The van der Waals surface area contributed by atoms with Crippen LogP contribution in [0.1, 0.15) is 0 Å². The van der Waals surface area contributed by atoms with Gasteiger partial charge in [-0.1, -0.05) is 12.1 Å². The number of anilines is 1. The van der Waals surface area contributed by atoms with Crippen LogP contribution < -0.4 is 4.90 Å². The number of rotatable bonds is 2. The van der Waals surface area contributed by atoms with E-state index in [0.717, 1.165) is 32.6 Å². The lowest BCUT2D eigenvalue weighted by Gasteiger charge is -2.14. The molecular weight excluding hydrogens is 302 g/mol. The molecule has 0 fully saturated rings. The van der Waals surface area contributed by atoms with E-state index in [1.54, 1.807) is 0 Å². The third kappa shape index (κ3) is 2.24. The molecule has 0 aliphatic carbocycles. The molecular formula is C15H14BrN3. The van der Waals surface area contributed by atoms with Crippen molar-refractivity contribution < 1.29 is 0 Å². The van der Waals surface area contributed by atoms with Crippen molar-refractivity contribution in [3.8, 4) is 11.4 Å². The second-order valence-electron chi connectivity index (χ2n) is 4.66. The van der Waals surface area contributed by atoms with Crippen LogP contribution in [0.3, 0.4) is 0 Å². The zero-order valence-electron chi connectivity index (χ0n) is 10.8. The van der Waals surface area contributed by atoms with Gasteiger partial charge in [0.2, 0.25) is 0 Å². The van der Waals surface area contributed by atoms with Gasteiger partial charge in [-0.2, -0.15) is 0 Å². The van der Waals surface area contributed by atoms with Gasteiger partial charge in [0, 0.05) is 24.1 Å². The molecule has 96 valence electrons. The molecule has 3 rings (SSSR count). The van der Waals surface area contributed by atoms with E-state index in [0.29, 0.717) is 0 Å². The Labute approximate surface area is 120 Å². The Morgan fingerprint density at radius 2 is 1.89 bits per heavy atom. The molecule has 0 saturated heterocycles. The number of para-hydroxylation sites is 2. The lowest BCUT2D eigenvalue weighted by Crippen LogP contribution is -2.09. The lowest BCUT2D eigenvalue weighted by molar-refractivity contribution is 1.12. The van der Waals surface area contributed by atoms with E-state index in [9.17, 15) is 0 Å². The summed E-state index contributed by atoms with van der Waals surface area (Å²) < 4.78 is 1.07. The average molecular weight is 316 g/mol. The van der Waals surface area contributed by atoms with Gasteiger partial charge in [-0.25, -0.2) is 4.98 Å². The van der Waals surface area contributed by atoms with Crippen LogP contribution in [0, 0.1) is 0 Å². The first-order chi connectivity index (χ1) is 9.15. The monoisotopic (exact) mass is 315 g/mol. The predicted molar refractivity (Wildman–Crippen MR) is 83.6 cm³/mol. The number of aromatic amines is 1. The van der Waals surface area contributed by atoms with Crippen LogP contribution in [0.2, 0.25) is 0 Å². The molecule has 0 aliphatic rings. The third-order valence-electron chi connectivity index (χ3n) is 3.09. The molecule has 1 N–H and O–H groups in total. The topological polar surface area (TPSA) is 31.9 Å². The highest BCUT2D eigenvalue weighted by molar-refractivity contribution is 9.10. The minimum atomic E-state index is 0.896. The smallest absolute Gasteiger partial charge is 0.138 e. The van der Waals surface area contributed by atoms with E-state index in [2.05, 4.69) is 49.0 Å². The van der Waals surface area contributed by atoms with E-state index in [-0.39, 0.29) is 0 Å². The van der Waals surface area contributed by atoms with Gasteiger partial charge in [0.15, 0.2) is 0 Å². The van der Waals surface area contributed by atoms with E-state index in [4.69, 9.17) is 0 Å². The van der Waals surface area contributed by atoms with Gasteiger partial charge in [0.05, 0.1) is 16.7 Å². The van der Waals surface area contributed by atoms with E-state index >= 15 is 0 Å². The second kappa shape index (κ2) is 4.70. The van der Waals surface area contributed by atoms with Gasteiger partial charge in [0.25, 0.3) is 0 Å². The van der Waals surface area contributed by atoms with Crippen molar-refractivity contribution in [1.29, 1.82) is 0 Å². The highest BCUT2D eigenvalue weighted by atomic mass is 79.9. The van der Waals surface area contributed by atoms with Gasteiger partial charge in [-0.3, -0.25) is 0 Å². The van der Waals surface area contributed by atoms with Crippen molar-refractivity contribution in [3.63, 3.8) is 0 Å². The molecule has 1 heterocycles. The molecule has 3 nitrogen and oxygen atoms in total. The standard InChI is InChI=1S/C15H14BrN3/c1-19(2)14-8-7-10(9-11(14)16)15-17-12-5-3-4-6-13(12)18-15/h3-9H,1-2H3,(H,17,18). The first kappa shape index (κ1) is 12.2. The van der Waals surface area contributed by atoms with Crippen LogP contribution in [0.4, 0.5) is 5.69 Å². The van der Waals surface area contributed by atoms with E-state index in [1.165, 1.54) is 0 Å². The predicted octanol–water partition coefficient (Wildman–Crippen LogP) is 4.06. The number of fused-ring (bicyclic) bond motifs is 1. The van der Waals surface area contributed by atoms with Crippen molar-refractivity contribution in [1.82, 2.24) is 9.97 Å². The van der Waals surface area contributed by atoms with Crippen molar-refractivity contribution >= 4 is 32.7 Å². The summed E-state index contributed by atoms with van der Waals surface area (Å²) in [4.78, 5) is 10.0. The van der Waals surface area contributed by atoms with Crippen LogP contribution >= 0.6 is 15.9 Å². The maximum Gasteiger partial charge on any atom is 0.138 e. The molecule has 0 atom stereocenters. The van der Waals surface area contributed by atoms with Gasteiger partial charge in [-0.15, -0.1) is 0 Å². The number of benzene rings is 2. The summed E-state index contributed by atoms with van der Waals surface area (Å²) in [5.74, 6) is 0.896. The number of nitrogens with one attached hydrogen (secondary N) is 1. The number of halogens is 1. The molecule has 0 saturated carbocycles. The molecule has 0 radical (unpaired) electrons. The summed E-state index contributed by atoms with van der Waals surface area (Å²) in [5, 5.41) is 0. The number of imidazole rings is 1. The Balaban J connectivity index is 2.09. The van der Waals surface area contributed by atoms with Crippen LogP contribution in [-0.2, 0) is 0 Å². The number of H-pyrrole nitrogens is 1. The van der Waals surface area contributed by atoms with Gasteiger partial charge >= 0.3 is 0 Å². The summed E-state index contributed by atoms with van der Waals surface area (Å²) in [6.45, 7) is 0. The van der Waals surface area contributed by atoms with Crippen molar-refractivity contribution in [2.24, 2.45) is 0 Å². The Bertz CT molecular complexity index is 698. The quantitative estimate of drug-likeness (QED) is 0.773. The van der Waals surface area contributed by atoms with Gasteiger partial charge in [-0.05, 0) is 46.3 Å². The highest BCUT2D eigenvalue weighted by Gasteiger charge is 2.08. The van der Waals surface area contributed by atoms with Crippen LogP contribution in [-0.4, -0.2) is 24.1 Å². The number of hydrogen-bond donors (Lipinski definition) is 1. The Kier molecular flexibility index (Phi) is 3.03. The van der Waals surface area contributed by atoms with Gasteiger partial charge < -0.3 is 9.88 Å². The van der Waals surface area contributed by atoms with Crippen molar-refractivity contribution in [2.45, 2.75) is 0 Å². The van der Waals surface area contributed by atoms with Crippen LogP contribution in [0.25, 0.3) is 22.4 Å². The Morgan fingerprint density at radius 1 is 1.11 bits per heavy atom. The van der Waals surface area contributed by atoms with E-state index in [1.807, 2.05) is 38.4 Å². The minimum Gasteiger partial charge on any atom is -0.377 e. The molecule has 0 unspecified atom stereocenters. The number of nitrogens with zero attached hydrogens (tertiary/aromatic N) is 2. The minimum absolute atomic E-state index is 0.896. The number of aromatic nitrogens is 2. The van der Waals surface area contributed by atoms with E-state index < -0.39 is 0 Å². The fourth-order valence-corrected chi connectivity index (χ4v) is 2.84. The summed E-state index contributed by atoms with van der Waals surface area (Å²) in [6.07, 6.45) is 0. The molecule has 2 aromatic carbocycles. The van der Waals surface area contributed by atoms with Crippen molar-refractivity contribution in [3.05, 3.63) is 46.9 Å². The maximum absolute atomic E-state index is 4.61. The van der Waals surface area contributed by atoms with Crippen LogP contribution in [0.5, 0.6) is 0 Å². The fraction of sp³-hybridized carbons (Fsp3) is 0.133. The summed E-state index contributed by atoms with van der Waals surface area (Å²) in [7, 11) is 4.06. The largest absolute Gasteiger partial charge is 0.377 e. The second-order valence-corrected chi connectivity index (χ2v) is 5.52. The average Bonchev–Trinajstić information content (AvgIpc) is 2.81. The normalized spacial score (nSPS) is 10.9. The fourth-order valence-electron chi connectivity index (χ4n) is 2.11. The summed E-state index contributed by atoms with van der Waals surface area (Å²) >= 11 is 3.61. The third-order valence-corrected chi connectivity index (χ3v) is 3.73. The zero-order chi connectivity index (χ0) is 13.4.